The van der Waals surface area contributed by atoms with Crippen molar-refractivity contribution in [3.05, 3.63) is 70.4 Å². The molecule has 142 valence electrons. The predicted octanol–water partition coefficient (Wildman–Crippen LogP) is 3.11. The van der Waals surface area contributed by atoms with Crippen LogP contribution in [0.15, 0.2) is 53.6 Å². The third-order valence-corrected chi connectivity index (χ3v) is 4.94. The van der Waals surface area contributed by atoms with Gasteiger partial charge in [0.25, 0.3) is 0 Å². The summed E-state index contributed by atoms with van der Waals surface area (Å²) in [6, 6.07) is 15.2. The maximum Gasteiger partial charge on any atom is 0.166 e. The molecule has 2 aromatic carbocycles. The van der Waals surface area contributed by atoms with Gasteiger partial charge >= 0.3 is 0 Å². The normalized spacial score (nSPS) is 13.3. The molecular weight excluding hydrogens is 374 g/mol. The molecule has 8 heteroatoms. The van der Waals surface area contributed by atoms with E-state index in [1.165, 1.54) is 5.56 Å². The maximum atomic E-state index is 6.14. The highest BCUT2D eigenvalue weighted by Gasteiger charge is 2.20. The molecule has 1 aromatic heterocycles. The SMILES string of the molecule is N/N=C(\NN)c1ccc(Nc2nc(-c3cccc(Cl)c3)nc3c2CCC3)cc1. The molecule has 1 aliphatic carbocycles. The number of benzene rings is 2. The minimum absolute atomic E-state index is 0.415. The van der Waals surface area contributed by atoms with Gasteiger partial charge in [0.05, 0.1) is 0 Å². The molecule has 6 N–H and O–H groups in total. The standard InChI is InChI=1S/C20H20ClN7/c21-14-4-1-3-13(11-14)18-25-17-6-2-5-16(17)20(26-18)24-15-9-7-12(8-10-15)19(27-22)28-23/h1,3-4,7-11H,2,5-6,22-23H2,(H,27,28)(H,24,25,26). The summed E-state index contributed by atoms with van der Waals surface area (Å²) in [5, 5.41) is 7.71. The number of nitrogens with zero attached hydrogens (tertiary/aromatic N) is 3. The molecule has 0 amide bonds. The van der Waals surface area contributed by atoms with Crippen LogP contribution >= 0.6 is 11.6 Å². The summed E-state index contributed by atoms with van der Waals surface area (Å²) in [7, 11) is 0. The third kappa shape index (κ3) is 3.62. The van der Waals surface area contributed by atoms with E-state index in [9.17, 15) is 0 Å². The minimum atomic E-state index is 0.415. The number of nitrogens with one attached hydrogen (secondary N) is 2. The van der Waals surface area contributed by atoms with Gasteiger partial charge in [-0.1, -0.05) is 23.7 Å². The molecule has 28 heavy (non-hydrogen) atoms. The Morgan fingerprint density at radius 3 is 2.61 bits per heavy atom. The number of rotatable bonds is 4. The summed E-state index contributed by atoms with van der Waals surface area (Å²) in [6.45, 7) is 0. The molecule has 0 saturated heterocycles. The molecule has 4 rings (SSSR count). The van der Waals surface area contributed by atoms with E-state index in [2.05, 4.69) is 15.8 Å². The molecule has 0 radical (unpaired) electrons. The average Bonchev–Trinajstić information content (AvgIpc) is 3.19. The summed E-state index contributed by atoms with van der Waals surface area (Å²) in [5.74, 6) is 12.7. The van der Waals surface area contributed by atoms with Gasteiger partial charge < -0.3 is 16.6 Å². The first kappa shape index (κ1) is 18.2. The fourth-order valence-electron chi connectivity index (χ4n) is 3.34. The lowest BCUT2D eigenvalue weighted by atomic mass is 10.1. The van der Waals surface area contributed by atoms with E-state index in [4.69, 9.17) is 33.3 Å². The number of halogens is 1. The maximum absolute atomic E-state index is 6.14. The topological polar surface area (TPSA) is 114 Å². The van der Waals surface area contributed by atoms with Gasteiger partial charge in [0.15, 0.2) is 11.7 Å². The van der Waals surface area contributed by atoms with Gasteiger partial charge in [-0.2, -0.15) is 5.10 Å². The number of fused-ring (bicyclic) bond motifs is 1. The molecule has 0 spiro atoms. The highest BCUT2D eigenvalue weighted by Crippen LogP contribution is 2.31. The van der Waals surface area contributed by atoms with Crippen molar-refractivity contribution >= 4 is 28.9 Å². The highest BCUT2D eigenvalue weighted by atomic mass is 35.5. The summed E-state index contributed by atoms with van der Waals surface area (Å²) in [4.78, 5) is 9.55. The Balaban J connectivity index is 1.68. The van der Waals surface area contributed by atoms with Crippen molar-refractivity contribution < 1.29 is 0 Å². The van der Waals surface area contributed by atoms with Crippen LogP contribution in [0.1, 0.15) is 23.2 Å². The number of amidine groups is 1. The lowest BCUT2D eigenvalue weighted by Crippen LogP contribution is -2.31. The summed E-state index contributed by atoms with van der Waals surface area (Å²) >= 11 is 6.14. The van der Waals surface area contributed by atoms with E-state index in [0.29, 0.717) is 16.7 Å². The van der Waals surface area contributed by atoms with Gasteiger partial charge in [0, 0.05) is 33.1 Å². The molecule has 0 fully saturated rings. The van der Waals surface area contributed by atoms with Crippen molar-refractivity contribution in [2.24, 2.45) is 16.8 Å². The van der Waals surface area contributed by atoms with Crippen LogP contribution in [0.5, 0.6) is 0 Å². The van der Waals surface area contributed by atoms with Gasteiger partial charge in [-0.05, 0) is 55.7 Å². The number of aromatic nitrogens is 2. The zero-order valence-corrected chi connectivity index (χ0v) is 15.9. The van der Waals surface area contributed by atoms with Crippen molar-refractivity contribution in [1.29, 1.82) is 0 Å². The molecule has 0 unspecified atom stereocenters. The fraction of sp³-hybridized carbons (Fsp3) is 0.150. The second-order valence-electron chi connectivity index (χ2n) is 6.51. The summed E-state index contributed by atoms with van der Waals surface area (Å²) < 4.78 is 0. The second kappa shape index (κ2) is 7.84. The van der Waals surface area contributed by atoms with Crippen LogP contribution in [0.4, 0.5) is 11.5 Å². The second-order valence-corrected chi connectivity index (χ2v) is 6.95. The molecule has 0 aliphatic heterocycles. The van der Waals surface area contributed by atoms with Crippen LogP contribution in [-0.4, -0.2) is 15.8 Å². The van der Waals surface area contributed by atoms with Crippen LogP contribution in [0.25, 0.3) is 11.4 Å². The van der Waals surface area contributed by atoms with Gasteiger partial charge in [-0.3, -0.25) is 0 Å². The number of anilines is 2. The average molecular weight is 394 g/mol. The fourth-order valence-corrected chi connectivity index (χ4v) is 3.53. The van der Waals surface area contributed by atoms with Crippen molar-refractivity contribution in [3.8, 4) is 11.4 Å². The van der Waals surface area contributed by atoms with Crippen LogP contribution in [0.2, 0.25) is 5.02 Å². The first-order valence-electron chi connectivity index (χ1n) is 8.95. The molecule has 7 nitrogen and oxygen atoms in total. The smallest absolute Gasteiger partial charge is 0.166 e. The Bertz CT molecular complexity index is 1030. The Kier molecular flexibility index (Phi) is 5.10. The minimum Gasteiger partial charge on any atom is -0.340 e. The first-order chi connectivity index (χ1) is 13.7. The third-order valence-electron chi connectivity index (χ3n) is 4.70. The van der Waals surface area contributed by atoms with E-state index in [0.717, 1.165) is 47.6 Å². The largest absolute Gasteiger partial charge is 0.340 e. The number of hydrogen-bond acceptors (Lipinski definition) is 6. The number of hydrazine groups is 1. The Hall–Kier alpha value is -3.16. The number of nitrogens with two attached hydrogens (primary N) is 2. The van der Waals surface area contributed by atoms with Crippen molar-refractivity contribution in [2.75, 3.05) is 5.32 Å². The van der Waals surface area contributed by atoms with Crippen molar-refractivity contribution in [2.45, 2.75) is 19.3 Å². The monoisotopic (exact) mass is 393 g/mol. The molecule has 3 aromatic rings. The van der Waals surface area contributed by atoms with Crippen molar-refractivity contribution in [1.82, 2.24) is 15.4 Å². The van der Waals surface area contributed by atoms with Crippen LogP contribution < -0.4 is 22.4 Å². The number of hydrogen-bond donors (Lipinski definition) is 4. The number of hydrazone groups is 1. The van der Waals surface area contributed by atoms with Crippen LogP contribution in [-0.2, 0) is 12.8 Å². The van der Waals surface area contributed by atoms with E-state index < -0.39 is 0 Å². The predicted molar refractivity (Wildman–Crippen MR) is 112 cm³/mol. The van der Waals surface area contributed by atoms with Crippen LogP contribution in [0, 0.1) is 0 Å². The lowest BCUT2D eigenvalue weighted by Gasteiger charge is -2.13. The first-order valence-corrected chi connectivity index (χ1v) is 9.33. The van der Waals surface area contributed by atoms with E-state index in [1.54, 1.807) is 0 Å². The van der Waals surface area contributed by atoms with Gasteiger partial charge in [0.1, 0.15) is 5.82 Å². The van der Waals surface area contributed by atoms with E-state index >= 15 is 0 Å². The summed E-state index contributed by atoms with van der Waals surface area (Å²) in [5.41, 5.74) is 7.34. The Morgan fingerprint density at radius 2 is 1.89 bits per heavy atom. The summed E-state index contributed by atoms with van der Waals surface area (Å²) in [6.07, 6.45) is 3.00. The molecular formula is C20H20ClN7. The zero-order chi connectivity index (χ0) is 19.5. The van der Waals surface area contributed by atoms with Crippen molar-refractivity contribution in [3.63, 3.8) is 0 Å². The lowest BCUT2D eigenvalue weighted by molar-refractivity contribution is 0.900. The van der Waals surface area contributed by atoms with E-state index in [-0.39, 0.29) is 0 Å². The molecule has 0 atom stereocenters. The molecule has 0 bridgehead atoms. The molecule has 1 heterocycles. The van der Waals surface area contributed by atoms with E-state index in [1.807, 2.05) is 48.5 Å². The van der Waals surface area contributed by atoms with Gasteiger partial charge in [-0.25, -0.2) is 15.8 Å². The van der Waals surface area contributed by atoms with Gasteiger partial charge in [-0.15, -0.1) is 0 Å². The quantitative estimate of drug-likeness (QED) is 0.234. The molecule has 1 aliphatic rings. The molecule has 0 saturated carbocycles. The number of aryl methyl sites for hydroxylation is 1. The Morgan fingerprint density at radius 1 is 1.07 bits per heavy atom. The zero-order valence-electron chi connectivity index (χ0n) is 15.1. The highest BCUT2D eigenvalue weighted by molar-refractivity contribution is 6.30. The van der Waals surface area contributed by atoms with Crippen LogP contribution in [0.3, 0.4) is 0 Å². The van der Waals surface area contributed by atoms with Gasteiger partial charge in [0.2, 0.25) is 0 Å². The Labute approximate surface area is 167 Å².